The third-order valence-corrected chi connectivity index (χ3v) is 7.07. The number of carbonyl (C=O) groups is 1. The summed E-state index contributed by atoms with van der Waals surface area (Å²) in [7, 11) is -4.01. The second kappa shape index (κ2) is 12.4. The molecule has 1 saturated heterocycles. The summed E-state index contributed by atoms with van der Waals surface area (Å²) in [5, 5.41) is 10.9. The molecule has 0 aromatic heterocycles. The van der Waals surface area contributed by atoms with E-state index >= 15 is 0 Å². The van der Waals surface area contributed by atoms with Crippen molar-refractivity contribution in [2.45, 2.75) is 25.9 Å². The van der Waals surface area contributed by atoms with Gasteiger partial charge in [0.05, 0.1) is 18.8 Å². The number of hydrogen-bond acceptors (Lipinski definition) is 7. The normalized spacial score (nSPS) is 14.5. The molecule has 9 nitrogen and oxygen atoms in total. The van der Waals surface area contributed by atoms with Crippen LogP contribution >= 0.6 is 0 Å². The number of nitrogens with zero attached hydrogens (tertiary/aromatic N) is 1. The molecule has 10 heteroatoms. The predicted molar refractivity (Wildman–Crippen MR) is 137 cm³/mol. The fourth-order valence-electron chi connectivity index (χ4n) is 3.70. The van der Waals surface area contributed by atoms with Crippen LogP contribution in [0.15, 0.2) is 54.6 Å². The highest BCUT2D eigenvalue weighted by molar-refractivity contribution is 7.93. The number of carbonyl (C=O) groups excluding carboxylic acids is 1. The molecule has 0 spiro atoms. The summed E-state index contributed by atoms with van der Waals surface area (Å²) in [6, 6.07) is 13.9. The van der Waals surface area contributed by atoms with E-state index in [9.17, 15) is 13.2 Å². The molecule has 1 fully saturated rings. The number of benzene rings is 2. The molecule has 0 atom stereocenters. The standard InChI is InChI=1S/C25H32N4O5S/c1-2-33-24(30)18-35(31,32)29(16-4-6-19-5-3-7-20(17-19)25(26)27)21-8-10-22(11-9-21)34-23-12-14-28-15-13-23/h3-11,17,23,28H,2,12-16,18H2,1H3,(H3,26,27)/b6-4+. The van der Waals surface area contributed by atoms with E-state index in [0.29, 0.717) is 17.0 Å². The minimum absolute atomic E-state index is 0.000531. The Morgan fingerprint density at radius 2 is 1.91 bits per heavy atom. The van der Waals surface area contributed by atoms with Crippen molar-refractivity contribution in [3.05, 3.63) is 65.7 Å². The number of esters is 1. The number of rotatable bonds is 11. The fraction of sp³-hybridized carbons (Fsp3) is 0.360. The lowest BCUT2D eigenvalue weighted by Crippen LogP contribution is -2.36. The molecule has 0 radical (unpaired) electrons. The molecule has 188 valence electrons. The van der Waals surface area contributed by atoms with Gasteiger partial charge < -0.3 is 20.5 Å². The molecular formula is C25H32N4O5S. The topological polar surface area (TPSA) is 135 Å². The highest BCUT2D eigenvalue weighted by Crippen LogP contribution is 2.24. The molecule has 0 bridgehead atoms. The van der Waals surface area contributed by atoms with Crippen LogP contribution in [-0.2, 0) is 19.6 Å². The van der Waals surface area contributed by atoms with Crippen molar-refractivity contribution < 1.29 is 22.7 Å². The van der Waals surface area contributed by atoms with Gasteiger partial charge in [0.15, 0.2) is 5.75 Å². The zero-order chi connectivity index (χ0) is 25.3. The number of ether oxygens (including phenoxy) is 2. The van der Waals surface area contributed by atoms with Crippen molar-refractivity contribution >= 4 is 33.6 Å². The average Bonchev–Trinajstić information content (AvgIpc) is 2.83. The molecule has 35 heavy (non-hydrogen) atoms. The first-order valence-electron chi connectivity index (χ1n) is 11.5. The van der Waals surface area contributed by atoms with Crippen LogP contribution in [0.1, 0.15) is 30.9 Å². The molecule has 0 saturated carbocycles. The maximum absolute atomic E-state index is 13.1. The summed E-state index contributed by atoms with van der Waals surface area (Å²) in [6.07, 6.45) is 5.38. The summed E-state index contributed by atoms with van der Waals surface area (Å²) in [5.74, 6) is -0.950. The van der Waals surface area contributed by atoms with Crippen molar-refractivity contribution in [1.82, 2.24) is 5.32 Å². The molecule has 2 aromatic carbocycles. The van der Waals surface area contributed by atoms with E-state index in [4.69, 9.17) is 20.6 Å². The molecule has 3 rings (SSSR count). The number of nitrogens with two attached hydrogens (primary N) is 1. The summed E-state index contributed by atoms with van der Waals surface area (Å²) in [6.45, 7) is 3.54. The third kappa shape index (κ3) is 7.83. The van der Waals surface area contributed by atoms with E-state index in [0.717, 1.165) is 31.5 Å². The number of hydrogen-bond donors (Lipinski definition) is 3. The number of nitrogens with one attached hydrogen (secondary N) is 2. The largest absolute Gasteiger partial charge is 0.490 e. The van der Waals surface area contributed by atoms with Gasteiger partial charge in [0.1, 0.15) is 17.7 Å². The van der Waals surface area contributed by atoms with Crippen LogP contribution in [0.5, 0.6) is 5.75 Å². The monoisotopic (exact) mass is 500 g/mol. The van der Waals surface area contributed by atoms with Gasteiger partial charge in [-0.1, -0.05) is 30.4 Å². The Kier molecular flexibility index (Phi) is 9.27. The summed E-state index contributed by atoms with van der Waals surface area (Å²) < 4.78 is 38.3. The lowest BCUT2D eigenvalue weighted by Gasteiger charge is -2.25. The van der Waals surface area contributed by atoms with E-state index in [1.807, 2.05) is 6.07 Å². The average molecular weight is 501 g/mol. The Morgan fingerprint density at radius 1 is 1.20 bits per heavy atom. The van der Waals surface area contributed by atoms with Gasteiger partial charge in [0.25, 0.3) is 0 Å². The molecular weight excluding hydrogens is 468 g/mol. The highest BCUT2D eigenvalue weighted by Gasteiger charge is 2.26. The second-order valence-electron chi connectivity index (χ2n) is 8.09. The molecule has 0 unspecified atom stereocenters. The number of amidine groups is 1. The van der Waals surface area contributed by atoms with Gasteiger partial charge in [-0.25, -0.2) is 8.42 Å². The first-order chi connectivity index (χ1) is 16.8. The Labute approximate surface area is 206 Å². The number of anilines is 1. The zero-order valence-electron chi connectivity index (χ0n) is 19.8. The molecule has 1 aliphatic heterocycles. The highest BCUT2D eigenvalue weighted by atomic mass is 32.2. The zero-order valence-corrected chi connectivity index (χ0v) is 20.6. The molecule has 0 amide bonds. The van der Waals surface area contributed by atoms with E-state index < -0.39 is 21.7 Å². The molecule has 4 N–H and O–H groups in total. The third-order valence-electron chi connectivity index (χ3n) is 5.43. The van der Waals surface area contributed by atoms with Gasteiger partial charge in [-0.2, -0.15) is 0 Å². The van der Waals surface area contributed by atoms with Gasteiger partial charge in [0.2, 0.25) is 10.0 Å². The lowest BCUT2D eigenvalue weighted by molar-refractivity contribution is -0.139. The van der Waals surface area contributed by atoms with Crippen LogP contribution in [0.2, 0.25) is 0 Å². The van der Waals surface area contributed by atoms with E-state index in [-0.39, 0.29) is 25.1 Å². The molecule has 1 heterocycles. The fourth-order valence-corrected chi connectivity index (χ4v) is 4.99. The Hall–Kier alpha value is -3.37. The Balaban J connectivity index is 1.80. The van der Waals surface area contributed by atoms with Crippen LogP contribution in [0.3, 0.4) is 0 Å². The molecule has 1 aliphatic rings. The van der Waals surface area contributed by atoms with Gasteiger partial charge in [0, 0.05) is 5.56 Å². The smallest absolute Gasteiger partial charge is 0.323 e. The minimum atomic E-state index is -4.01. The quantitative estimate of drug-likeness (QED) is 0.245. The number of nitrogen functional groups attached to an aromatic ring is 1. The molecule has 0 aliphatic carbocycles. The second-order valence-corrected chi connectivity index (χ2v) is 9.99. The van der Waals surface area contributed by atoms with Crippen LogP contribution in [0.25, 0.3) is 6.08 Å². The van der Waals surface area contributed by atoms with Crippen LogP contribution in [-0.4, -0.2) is 58.3 Å². The first kappa shape index (κ1) is 26.2. The van der Waals surface area contributed by atoms with Crippen LogP contribution in [0.4, 0.5) is 5.69 Å². The van der Waals surface area contributed by atoms with Crippen molar-refractivity contribution in [2.75, 3.05) is 36.3 Å². The SMILES string of the molecule is CCOC(=O)CS(=O)(=O)N(C/C=C/c1cccc(C(=N)N)c1)c1ccc(OC2CCNCC2)cc1. The van der Waals surface area contributed by atoms with Gasteiger partial charge >= 0.3 is 5.97 Å². The maximum atomic E-state index is 13.1. The summed E-state index contributed by atoms with van der Waals surface area (Å²) in [4.78, 5) is 12.0. The van der Waals surface area contributed by atoms with Crippen molar-refractivity contribution in [3.63, 3.8) is 0 Å². The van der Waals surface area contributed by atoms with Crippen LogP contribution < -0.4 is 20.1 Å². The predicted octanol–water partition coefficient (Wildman–Crippen LogP) is 2.51. The summed E-state index contributed by atoms with van der Waals surface area (Å²) in [5.41, 5.74) is 7.30. The Bertz CT molecular complexity index is 1140. The van der Waals surface area contributed by atoms with E-state index in [2.05, 4.69) is 5.32 Å². The number of sulfonamides is 1. The van der Waals surface area contributed by atoms with E-state index in [1.165, 1.54) is 4.31 Å². The minimum Gasteiger partial charge on any atom is -0.490 e. The van der Waals surface area contributed by atoms with Gasteiger partial charge in [-0.05, 0) is 68.8 Å². The first-order valence-corrected chi connectivity index (χ1v) is 13.1. The van der Waals surface area contributed by atoms with Gasteiger partial charge in [-0.3, -0.25) is 14.5 Å². The van der Waals surface area contributed by atoms with Gasteiger partial charge in [-0.15, -0.1) is 0 Å². The van der Waals surface area contributed by atoms with E-state index in [1.54, 1.807) is 61.5 Å². The number of piperidine rings is 1. The summed E-state index contributed by atoms with van der Waals surface area (Å²) >= 11 is 0. The molecule has 2 aromatic rings. The Morgan fingerprint density at radius 3 is 2.57 bits per heavy atom. The van der Waals surface area contributed by atoms with Crippen molar-refractivity contribution in [1.29, 1.82) is 5.41 Å². The lowest BCUT2D eigenvalue weighted by atomic mass is 10.1. The van der Waals surface area contributed by atoms with Crippen molar-refractivity contribution in [3.8, 4) is 5.75 Å². The van der Waals surface area contributed by atoms with Crippen LogP contribution in [0, 0.1) is 5.41 Å². The maximum Gasteiger partial charge on any atom is 0.323 e. The van der Waals surface area contributed by atoms with Crippen molar-refractivity contribution in [2.24, 2.45) is 5.73 Å².